The predicted octanol–water partition coefficient (Wildman–Crippen LogP) is 2.48. The zero-order valence-corrected chi connectivity index (χ0v) is 10.9. The number of halogens is 2. The van der Waals surface area contributed by atoms with Crippen LogP contribution in [-0.4, -0.2) is 25.5 Å². The van der Waals surface area contributed by atoms with Crippen molar-refractivity contribution in [2.45, 2.75) is 12.5 Å². The first-order chi connectivity index (χ1) is 6.20. The lowest BCUT2D eigenvalue weighted by Gasteiger charge is -2.15. The van der Waals surface area contributed by atoms with Crippen molar-refractivity contribution in [3.8, 4) is 0 Å². The summed E-state index contributed by atoms with van der Waals surface area (Å²) >= 11 is 0. The van der Waals surface area contributed by atoms with E-state index in [1.165, 1.54) is 5.56 Å². The summed E-state index contributed by atoms with van der Waals surface area (Å²) in [6.07, 6.45) is 1.01. The van der Waals surface area contributed by atoms with Gasteiger partial charge in [-0.25, -0.2) is 0 Å². The summed E-state index contributed by atoms with van der Waals surface area (Å²) in [6.45, 7) is 1.04. The molecular formula is C11H20Cl2N2. The lowest BCUT2D eigenvalue weighted by Crippen LogP contribution is -2.19. The van der Waals surface area contributed by atoms with Crippen molar-refractivity contribution in [2.75, 3.05) is 20.6 Å². The Morgan fingerprint density at radius 3 is 2.13 bits per heavy atom. The van der Waals surface area contributed by atoms with Crippen LogP contribution in [0.3, 0.4) is 0 Å². The second-order valence-electron chi connectivity index (χ2n) is 3.61. The molecule has 0 saturated heterocycles. The fourth-order valence-electron chi connectivity index (χ4n) is 1.26. The van der Waals surface area contributed by atoms with Crippen LogP contribution < -0.4 is 5.73 Å². The molecule has 0 fully saturated rings. The van der Waals surface area contributed by atoms with Gasteiger partial charge in [-0.1, -0.05) is 30.3 Å². The summed E-state index contributed by atoms with van der Waals surface area (Å²) in [5, 5.41) is 0. The molecule has 0 bridgehead atoms. The van der Waals surface area contributed by atoms with Gasteiger partial charge in [0.05, 0.1) is 0 Å². The molecule has 0 saturated carbocycles. The smallest absolute Gasteiger partial charge is 0.0307 e. The van der Waals surface area contributed by atoms with Gasteiger partial charge in [0, 0.05) is 6.04 Å². The minimum absolute atomic E-state index is 0. The SMILES string of the molecule is CN(C)CCC(N)c1ccccc1.Cl.Cl. The molecule has 88 valence electrons. The quantitative estimate of drug-likeness (QED) is 0.890. The first-order valence-electron chi connectivity index (χ1n) is 4.65. The summed E-state index contributed by atoms with van der Waals surface area (Å²) in [4.78, 5) is 2.16. The number of nitrogens with two attached hydrogens (primary N) is 1. The van der Waals surface area contributed by atoms with Gasteiger partial charge in [0.15, 0.2) is 0 Å². The summed E-state index contributed by atoms with van der Waals surface area (Å²) in [5.41, 5.74) is 7.24. The Bertz CT molecular complexity index is 240. The Kier molecular flexibility index (Phi) is 10.3. The first-order valence-corrected chi connectivity index (χ1v) is 4.65. The molecule has 1 aromatic carbocycles. The van der Waals surface area contributed by atoms with E-state index < -0.39 is 0 Å². The van der Waals surface area contributed by atoms with Gasteiger partial charge in [0.25, 0.3) is 0 Å². The summed E-state index contributed by atoms with van der Waals surface area (Å²) in [6, 6.07) is 10.4. The predicted molar refractivity (Wildman–Crippen MR) is 71.0 cm³/mol. The van der Waals surface area contributed by atoms with Crippen LogP contribution in [0.4, 0.5) is 0 Å². The van der Waals surface area contributed by atoms with Crippen LogP contribution in [-0.2, 0) is 0 Å². The molecule has 4 heteroatoms. The number of hydrogen-bond acceptors (Lipinski definition) is 2. The minimum Gasteiger partial charge on any atom is -0.324 e. The maximum Gasteiger partial charge on any atom is 0.0307 e. The maximum absolute atomic E-state index is 6.02. The molecule has 0 radical (unpaired) electrons. The average Bonchev–Trinajstić information content (AvgIpc) is 2.15. The monoisotopic (exact) mass is 250 g/mol. The Balaban J connectivity index is 0. The first kappa shape index (κ1) is 17.1. The summed E-state index contributed by atoms with van der Waals surface area (Å²) < 4.78 is 0. The van der Waals surface area contributed by atoms with E-state index in [1.807, 2.05) is 18.2 Å². The fraction of sp³-hybridized carbons (Fsp3) is 0.455. The second kappa shape index (κ2) is 8.98. The molecule has 2 nitrogen and oxygen atoms in total. The van der Waals surface area contributed by atoms with E-state index in [0.717, 1.165) is 13.0 Å². The molecule has 1 rings (SSSR count). The van der Waals surface area contributed by atoms with E-state index in [9.17, 15) is 0 Å². The molecule has 0 aliphatic rings. The standard InChI is InChI=1S/C11H18N2.2ClH/c1-13(2)9-8-11(12)10-6-4-3-5-7-10;;/h3-7,11H,8-9,12H2,1-2H3;2*1H. The van der Waals surface area contributed by atoms with Crippen LogP contribution in [0.25, 0.3) is 0 Å². The number of benzene rings is 1. The fourth-order valence-corrected chi connectivity index (χ4v) is 1.26. The van der Waals surface area contributed by atoms with E-state index in [0.29, 0.717) is 0 Å². The van der Waals surface area contributed by atoms with Gasteiger partial charge in [0.1, 0.15) is 0 Å². The largest absolute Gasteiger partial charge is 0.324 e. The molecule has 0 amide bonds. The van der Waals surface area contributed by atoms with Crippen LogP contribution in [0.2, 0.25) is 0 Å². The van der Waals surface area contributed by atoms with Crippen molar-refractivity contribution in [3.05, 3.63) is 35.9 Å². The van der Waals surface area contributed by atoms with Crippen LogP contribution in [0, 0.1) is 0 Å². The molecule has 0 aliphatic heterocycles. The van der Waals surface area contributed by atoms with Crippen LogP contribution in [0.15, 0.2) is 30.3 Å². The lowest BCUT2D eigenvalue weighted by atomic mass is 10.1. The maximum atomic E-state index is 6.02. The van der Waals surface area contributed by atoms with Crippen molar-refractivity contribution < 1.29 is 0 Å². The van der Waals surface area contributed by atoms with Gasteiger partial charge in [-0.05, 0) is 32.6 Å². The molecule has 0 aliphatic carbocycles. The Labute approximate surface area is 105 Å². The highest BCUT2D eigenvalue weighted by Gasteiger charge is 2.04. The minimum atomic E-state index is 0. The van der Waals surface area contributed by atoms with E-state index in [1.54, 1.807) is 0 Å². The number of hydrogen-bond donors (Lipinski definition) is 1. The lowest BCUT2D eigenvalue weighted by molar-refractivity contribution is 0.382. The molecule has 1 atom stereocenters. The Morgan fingerprint density at radius 2 is 1.67 bits per heavy atom. The third-order valence-electron chi connectivity index (χ3n) is 2.12. The molecule has 1 aromatic rings. The van der Waals surface area contributed by atoms with E-state index in [2.05, 4.69) is 31.1 Å². The van der Waals surface area contributed by atoms with Crippen molar-refractivity contribution in [1.29, 1.82) is 0 Å². The molecule has 1 unspecified atom stereocenters. The van der Waals surface area contributed by atoms with Gasteiger partial charge in [0.2, 0.25) is 0 Å². The van der Waals surface area contributed by atoms with E-state index >= 15 is 0 Å². The molecule has 0 aromatic heterocycles. The molecule has 2 N–H and O–H groups in total. The molecule has 15 heavy (non-hydrogen) atoms. The molecular weight excluding hydrogens is 231 g/mol. The highest BCUT2D eigenvalue weighted by Crippen LogP contribution is 2.12. The zero-order valence-electron chi connectivity index (χ0n) is 9.22. The summed E-state index contributed by atoms with van der Waals surface area (Å²) in [5.74, 6) is 0. The second-order valence-corrected chi connectivity index (χ2v) is 3.61. The number of rotatable bonds is 4. The van der Waals surface area contributed by atoms with Crippen LogP contribution in [0.1, 0.15) is 18.0 Å². The van der Waals surface area contributed by atoms with Gasteiger partial charge < -0.3 is 10.6 Å². The van der Waals surface area contributed by atoms with E-state index in [4.69, 9.17) is 5.73 Å². The van der Waals surface area contributed by atoms with Crippen molar-refractivity contribution in [2.24, 2.45) is 5.73 Å². The van der Waals surface area contributed by atoms with Gasteiger partial charge in [-0.3, -0.25) is 0 Å². The van der Waals surface area contributed by atoms with Crippen LogP contribution in [0.5, 0.6) is 0 Å². The van der Waals surface area contributed by atoms with Gasteiger partial charge >= 0.3 is 0 Å². The topological polar surface area (TPSA) is 29.3 Å². The van der Waals surface area contributed by atoms with E-state index in [-0.39, 0.29) is 30.9 Å². The average molecular weight is 251 g/mol. The van der Waals surface area contributed by atoms with Crippen LogP contribution >= 0.6 is 24.8 Å². The third kappa shape index (κ3) is 6.74. The van der Waals surface area contributed by atoms with Gasteiger partial charge in [-0.2, -0.15) is 0 Å². The van der Waals surface area contributed by atoms with Crippen molar-refractivity contribution in [1.82, 2.24) is 4.90 Å². The van der Waals surface area contributed by atoms with Crippen molar-refractivity contribution >= 4 is 24.8 Å². The highest BCUT2D eigenvalue weighted by atomic mass is 35.5. The molecule has 0 spiro atoms. The highest BCUT2D eigenvalue weighted by molar-refractivity contribution is 5.85. The van der Waals surface area contributed by atoms with Crippen molar-refractivity contribution in [3.63, 3.8) is 0 Å². The third-order valence-corrected chi connectivity index (χ3v) is 2.12. The molecule has 0 heterocycles. The van der Waals surface area contributed by atoms with Gasteiger partial charge in [-0.15, -0.1) is 24.8 Å². The number of nitrogens with zero attached hydrogens (tertiary/aromatic N) is 1. The Morgan fingerprint density at radius 1 is 1.13 bits per heavy atom. The summed E-state index contributed by atoms with van der Waals surface area (Å²) in [7, 11) is 4.13. The normalized spacial score (nSPS) is 11.5. The Hall–Kier alpha value is -0.280. The zero-order chi connectivity index (χ0) is 9.68.